The molecule has 0 bridgehead atoms. The van der Waals surface area contributed by atoms with E-state index < -0.39 is 11.4 Å². The standard InChI is InChI=1S/C5H9ClO.C5H10O2/c2*1-5(2,3)4(6)7/h1-3H3;1-3H3,(H,6,7). The fourth-order valence-corrected chi connectivity index (χ4v) is 0. The number of carboxylic acid groups (broad SMARTS) is 1. The van der Waals surface area contributed by atoms with Crippen LogP contribution in [0.15, 0.2) is 0 Å². The van der Waals surface area contributed by atoms with E-state index in [1.807, 2.05) is 0 Å². The minimum Gasteiger partial charge on any atom is -0.481 e. The van der Waals surface area contributed by atoms with Crippen LogP contribution in [0.2, 0.25) is 0 Å². The highest BCUT2D eigenvalue weighted by atomic mass is 35.5. The van der Waals surface area contributed by atoms with Gasteiger partial charge < -0.3 is 5.11 Å². The summed E-state index contributed by atoms with van der Waals surface area (Å²) < 4.78 is 0. The van der Waals surface area contributed by atoms with Gasteiger partial charge in [0.1, 0.15) is 0 Å². The van der Waals surface area contributed by atoms with Crippen LogP contribution in [0.4, 0.5) is 0 Å². The zero-order chi connectivity index (χ0) is 12.2. The largest absolute Gasteiger partial charge is 0.481 e. The number of carbonyl (C=O) groups excluding carboxylic acids is 1. The number of hydrogen-bond donors (Lipinski definition) is 1. The molecule has 0 saturated carbocycles. The third-order valence-corrected chi connectivity index (χ3v) is 1.80. The second kappa shape index (κ2) is 5.35. The molecular weight excluding hydrogens is 204 g/mol. The highest BCUT2D eigenvalue weighted by Gasteiger charge is 2.18. The Hall–Kier alpha value is -0.570. The molecule has 0 amide bonds. The second-order valence-corrected chi connectivity index (χ2v) is 5.42. The van der Waals surface area contributed by atoms with Gasteiger partial charge in [-0.15, -0.1) is 0 Å². The summed E-state index contributed by atoms with van der Waals surface area (Å²) in [5.74, 6) is -0.757. The molecule has 0 fully saturated rings. The molecule has 0 heterocycles. The fourth-order valence-electron chi connectivity index (χ4n) is 0. The van der Waals surface area contributed by atoms with E-state index in [1.54, 1.807) is 41.5 Å². The average molecular weight is 223 g/mol. The molecule has 3 nitrogen and oxygen atoms in total. The van der Waals surface area contributed by atoms with Crippen molar-refractivity contribution in [2.24, 2.45) is 10.8 Å². The zero-order valence-corrected chi connectivity index (χ0v) is 10.4. The van der Waals surface area contributed by atoms with E-state index in [2.05, 4.69) is 0 Å². The normalized spacial score (nSPS) is 11.4. The predicted octanol–water partition coefficient (Wildman–Crippen LogP) is 2.92. The lowest BCUT2D eigenvalue weighted by molar-refractivity contribution is -0.145. The summed E-state index contributed by atoms with van der Waals surface area (Å²) in [6, 6.07) is 0. The average Bonchev–Trinajstić information content (AvgIpc) is 1.83. The lowest BCUT2D eigenvalue weighted by atomic mass is 9.98. The van der Waals surface area contributed by atoms with Gasteiger partial charge in [0.05, 0.1) is 5.41 Å². The molecule has 1 N–H and O–H groups in total. The topological polar surface area (TPSA) is 54.4 Å². The molecule has 0 aromatic rings. The van der Waals surface area contributed by atoms with Crippen molar-refractivity contribution in [3.8, 4) is 0 Å². The molecule has 14 heavy (non-hydrogen) atoms. The Bertz CT molecular complexity index is 184. The maximum Gasteiger partial charge on any atom is 0.308 e. The van der Waals surface area contributed by atoms with E-state index in [9.17, 15) is 9.59 Å². The zero-order valence-electron chi connectivity index (χ0n) is 9.64. The highest BCUT2D eigenvalue weighted by molar-refractivity contribution is 6.64. The Labute approximate surface area is 90.5 Å². The molecule has 0 saturated heterocycles. The van der Waals surface area contributed by atoms with Gasteiger partial charge in [-0.3, -0.25) is 9.59 Å². The van der Waals surface area contributed by atoms with E-state index in [0.717, 1.165) is 0 Å². The van der Waals surface area contributed by atoms with Crippen molar-refractivity contribution in [2.45, 2.75) is 41.5 Å². The Balaban J connectivity index is 0. The molecule has 0 aliphatic rings. The highest BCUT2D eigenvalue weighted by Crippen LogP contribution is 2.15. The number of carbonyl (C=O) groups is 2. The van der Waals surface area contributed by atoms with Gasteiger partial charge in [-0.05, 0) is 32.4 Å². The van der Waals surface area contributed by atoms with E-state index in [4.69, 9.17) is 16.7 Å². The van der Waals surface area contributed by atoms with Crippen LogP contribution in [0.3, 0.4) is 0 Å². The van der Waals surface area contributed by atoms with Crippen molar-refractivity contribution in [3.05, 3.63) is 0 Å². The van der Waals surface area contributed by atoms with Crippen LogP contribution in [-0.4, -0.2) is 16.3 Å². The van der Waals surface area contributed by atoms with E-state index >= 15 is 0 Å². The smallest absolute Gasteiger partial charge is 0.308 e. The minimum absolute atomic E-state index is 0.285. The van der Waals surface area contributed by atoms with Crippen molar-refractivity contribution in [1.82, 2.24) is 0 Å². The molecule has 0 aromatic heterocycles. The van der Waals surface area contributed by atoms with Crippen LogP contribution in [-0.2, 0) is 9.59 Å². The van der Waals surface area contributed by atoms with Gasteiger partial charge in [-0.2, -0.15) is 0 Å². The van der Waals surface area contributed by atoms with Crippen LogP contribution in [0.5, 0.6) is 0 Å². The van der Waals surface area contributed by atoms with Gasteiger partial charge in [0.25, 0.3) is 0 Å². The molecule has 84 valence electrons. The number of rotatable bonds is 0. The molecule has 0 unspecified atom stereocenters. The number of aliphatic carboxylic acids is 1. The lowest BCUT2D eigenvalue weighted by Crippen LogP contribution is -2.18. The summed E-state index contributed by atoms with van der Waals surface area (Å²) in [5.41, 5.74) is -0.957. The van der Waals surface area contributed by atoms with Gasteiger partial charge in [-0.1, -0.05) is 20.8 Å². The molecule has 4 heteroatoms. The van der Waals surface area contributed by atoms with Crippen molar-refractivity contribution in [3.63, 3.8) is 0 Å². The summed E-state index contributed by atoms with van der Waals surface area (Å²) >= 11 is 5.11. The third kappa shape index (κ3) is 9.52. The summed E-state index contributed by atoms with van der Waals surface area (Å²) in [4.78, 5) is 20.3. The van der Waals surface area contributed by atoms with Crippen molar-refractivity contribution < 1.29 is 14.7 Å². The van der Waals surface area contributed by atoms with E-state index in [0.29, 0.717) is 0 Å². The number of carboxylic acids is 1. The molecule has 0 aliphatic heterocycles. The predicted molar refractivity (Wildman–Crippen MR) is 57.4 cm³/mol. The summed E-state index contributed by atoms with van der Waals surface area (Å²) in [5, 5.41) is 7.97. The summed E-state index contributed by atoms with van der Waals surface area (Å²) in [7, 11) is 0. The molecule has 0 aliphatic carbocycles. The van der Waals surface area contributed by atoms with Gasteiger partial charge in [0.15, 0.2) is 0 Å². The maximum absolute atomic E-state index is 10.2. The van der Waals surface area contributed by atoms with Gasteiger partial charge >= 0.3 is 5.97 Å². The summed E-state index contributed by atoms with van der Waals surface area (Å²) in [6.07, 6.45) is 0. The maximum atomic E-state index is 10.2. The second-order valence-electron chi connectivity index (χ2n) is 5.08. The van der Waals surface area contributed by atoms with Crippen LogP contribution < -0.4 is 0 Å². The third-order valence-electron chi connectivity index (χ3n) is 1.23. The quantitative estimate of drug-likeness (QED) is 0.642. The first-order valence-corrected chi connectivity index (χ1v) is 4.70. The van der Waals surface area contributed by atoms with Crippen LogP contribution in [0.1, 0.15) is 41.5 Å². The van der Waals surface area contributed by atoms with Crippen molar-refractivity contribution in [1.29, 1.82) is 0 Å². The fraction of sp³-hybridized carbons (Fsp3) is 0.800. The lowest BCUT2D eigenvalue weighted by Gasteiger charge is -2.08. The van der Waals surface area contributed by atoms with E-state index in [-0.39, 0.29) is 10.7 Å². The Kier molecular flexibility index (Phi) is 6.06. The van der Waals surface area contributed by atoms with E-state index in [1.165, 1.54) is 0 Å². The SMILES string of the molecule is CC(C)(C)C(=O)Cl.CC(C)(C)C(=O)O. The van der Waals surface area contributed by atoms with Gasteiger partial charge in [-0.25, -0.2) is 0 Å². The molecule has 0 radical (unpaired) electrons. The molecule has 0 aromatic carbocycles. The summed E-state index contributed by atoms with van der Waals surface area (Å²) in [6.45, 7) is 10.3. The van der Waals surface area contributed by atoms with Crippen molar-refractivity contribution in [2.75, 3.05) is 0 Å². The first kappa shape index (κ1) is 15.9. The molecule has 0 spiro atoms. The van der Waals surface area contributed by atoms with Crippen LogP contribution in [0, 0.1) is 10.8 Å². The molecular formula is C10H19ClO3. The monoisotopic (exact) mass is 222 g/mol. The first-order valence-electron chi connectivity index (χ1n) is 4.32. The first-order chi connectivity index (χ1) is 5.89. The number of hydrogen-bond acceptors (Lipinski definition) is 2. The Morgan fingerprint density at radius 1 is 0.929 bits per heavy atom. The molecule has 0 rings (SSSR count). The van der Waals surface area contributed by atoms with Crippen molar-refractivity contribution >= 4 is 22.8 Å². The Morgan fingerprint density at radius 2 is 1.07 bits per heavy atom. The van der Waals surface area contributed by atoms with Crippen LogP contribution >= 0.6 is 11.6 Å². The van der Waals surface area contributed by atoms with Gasteiger partial charge in [0.2, 0.25) is 5.24 Å². The molecule has 0 atom stereocenters. The van der Waals surface area contributed by atoms with Crippen LogP contribution in [0.25, 0.3) is 0 Å². The van der Waals surface area contributed by atoms with Gasteiger partial charge in [0, 0.05) is 5.41 Å². The Morgan fingerprint density at radius 3 is 1.07 bits per heavy atom. The minimum atomic E-state index is -0.757. The number of halogens is 1.